The van der Waals surface area contributed by atoms with E-state index in [2.05, 4.69) is 15.0 Å². The Labute approximate surface area is 148 Å². The Balaban J connectivity index is 0.00000208. The van der Waals surface area contributed by atoms with Gasteiger partial charge in [0.25, 0.3) is 10.0 Å². The zero-order chi connectivity index (χ0) is 16.4. The van der Waals surface area contributed by atoms with Crippen LogP contribution in [-0.2, 0) is 14.8 Å². The summed E-state index contributed by atoms with van der Waals surface area (Å²) < 4.78 is 26.4. The minimum atomic E-state index is -3.56. The van der Waals surface area contributed by atoms with Gasteiger partial charge in [0, 0.05) is 18.7 Å². The van der Waals surface area contributed by atoms with Gasteiger partial charge in [-0.15, -0.1) is 12.4 Å². The van der Waals surface area contributed by atoms with Gasteiger partial charge in [0.05, 0.1) is 4.90 Å². The third-order valence-corrected chi connectivity index (χ3v) is 5.68. The van der Waals surface area contributed by atoms with E-state index in [0.717, 1.165) is 25.9 Å². The van der Waals surface area contributed by atoms with Crippen molar-refractivity contribution >= 4 is 34.2 Å². The molecule has 0 spiro atoms. The number of piperidine rings is 1. The molecule has 2 aliphatic rings. The average Bonchev–Trinajstić information content (AvgIpc) is 2.84. The van der Waals surface area contributed by atoms with Crippen molar-refractivity contribution < 1.29 is 13.2 Å². The molecule has 132 valence electrons. The number of nitrogens with zero attached hydrogens (tertiary/aromatic N) is 2. The molecule has 0 saturated carbocycles. The van der Waals surface area contributed by atoms with Crippen LogP contribution in [0.4, 0.5) is 0 Å². The number of amides is 1. The highest BCUT2D eigenvalue weighted by atomic mass is 35.5. The molecule has 3 rings (SSSR count). The van der Waals surface area contributed by atoms with Gasteiger partial charge in [-0.25, -0.2) is 8.42 Å². The summed E-state index contributed by atoms with van der Waals surface area (Å²) >= 11 is 0. The van der Waals surface area contributed by atoms with Crippen LogP contribution in [0.25, 0.3) is 0 Å². The number of carbonyl (C=O) groups is 1. The summed E-state index contributed by atoms with van der Waals surface area (Å²) in [5, 5.41) is 3.26. The molecule has 0 aromatic heterocycles. The zero-order valence-electron chi connectivity index (χ0n) is 13.4. The number of likely N-dealkylation sites (N-methyl/N-ethyl adjacent to an activating group) is 1. The van der Waals surface area contributed by atoms with Crippen molar-refractivity contribution in [3.05, 3.63) is 29.8 Å². The normalized spacial score (nSPS) is 20.8. The molecular weight excluding hydrogens is 352 g/mol. The molecule has 0 bridgehead atoms. The number of aliphatic imine (C=N–C) groups is 1. The van der Waals surface area contributed by atoms with Gasteiger partial charge in [0.15, 0.2) is 0 Å². The summed E-state index contributed by atoms with van der Waals surface area (Å²) in [5.41, 5.74) is 0.518. The Kier molecular flexibility index (Phi) is 5.84. The number of nitrogens with one attached hydrogen (secondary N) is 2. The first kappa shape index (κ1) is 18.7. The number of sulfonamides is 1. The Morgan fingerprint density at radius 1 is 1.29 bits per heavy atom. The van der Waals surface area contributed by atoms with Crippen LogP contribution in [0, 0.1) is 0 Å². The smallest absolute Gasteiger partial charge is 0.263 e. The van der Waals surface area contributed by atoms with E-state index >= 15 is 0 Å². The first-order valence-corrected chi connectivity index (χ1v) is 9.10. The second-order valence-electron chi connectivity index (χ2n) is 5.75. The fourth-order valence-corrected chi connectivity index (χ4v) is 4.16. The Morgan fingerprint density at radius 3 is 2.67 bits per heavy atom. The Hall–Kier alpha value is -1.64. The minimum Gasteiger partial charge on any atom is -0.341 e. The average molecular weight is 373 g/mol. The third kappa shape index (κ3) is 3.71. The van der Waals surface area contributed by atoms with Crippen LogP contribution in [0.1, 0.15) is 18.4 Å². The van der Waals surface area contributed by atoms with Crippen molar-refractivity contribution in [1.29, 1.82) is 0 Å². The number of rotatable bonds is 3. The molecular formula is C15H21ClN4O3S. The number of hydrogen-bond donors (Lipinski definition) is 2. The lowest BCUT2D eigenvalue weighted by Gasteiger charge is -2.31. The largest absolute Gasteiger partial charge is 0.341 e. The predicted octanol–water partition coefficient (Wildman–Crippen LogP) is 0.357. The van der Waals surface area contributed by atoms with Gasteiger partial charge in [-0.05, 0) is 38.1 Å². The summed E-state index contributed by atoms with van der Waals surface area (Å²) in [6.07, 6.45) is 1.85. The van der Waals surface area contributed by atoms with Crippen molar-refractivity contribution in [3.63, 3.8) is 0 Å². The highest BCUT2D eigenvalue weighted by Crippen LogP contribution is 2.22. The van der Waals surface area contributed by atoms with E-state index in [9.17, 15) is 13.2 Å². The maximum atomic E-state index is 12.3. The van der Waals surface area contributed by atoms with Crippen LogP contribution < -0.4 is 10.0 Å². The maximum Gasteiger partial charge on any atom is 0.263 e. The highest BCUT2D eigenvalue weighted by Gasteiger charge is 2.30. The fourth-order valence-electron chi connectivity index (χ4n) is 2.91. The first-order valence-electron chi connectivity index (χ1n) is 7.62. The molecule has 24 heavy (non-hydrogen) atoms. The van der Waals surface area contributed by atoms with E-state index in [-0.39, 0.29) is 41.6 Å². The molecule has 0 aliphatic carbocycles. The summed E-state index contributed by atoms with van der Waals surface area (Å²) in [7, 11) is -1.77. The van der Waals surface area contributed by atoms with Crippen molar-refractivity contribution in [2.45, 2.75) is 23.8 Å². The molecule has 2 heterocycles. The molecule has 0 radical (unpaired) electrons. The molecule has 1 amide bonds. The van der Waals surface area contributed by atoms with Crippen molar-refractivity contribution in [2.24, 2.45) is 4.99 Å². The van der Waals surface area contributed by atoms with E-state index in [1.807, 2.05) is 0 Å². The second-order valence-corrected chi connectivity index (χ2v) is 7.40. The van der Waals surface area contributed by atoms with Gasteiger partial charge in [-0.3, -0.25) is 14.5 Å². The Morgan fingerprint density at radius 2 is 1.96 bits per heavy atom. The van der Waals surface area contributed by atoms with Gasteiger partial charge in [-0.2, -0.15) is 0 Å². The van der Waals surface area contributed by atoms with E-state index in [1.165, 1.54) is 6.07 Å². The van der Waals surface area contributed by atoms with E-state index in [4.69, 9.17) is 0 Å². The van der Waals surface area contributed by atoms with Crippen molar-refractivity contribution in [2.75, 3.05) is 26.7 Å². The van der Waals surface area contributed by atoms with Crippen molar-refractivity contribution in [1.82, 2.24) is 14.9 Å². The van der Waals surface area contributed by atoms with Crippen LogP contribution in [0.15, 0.2) is 34.2 Å². The molecule has 1 saturated heterocycles. The number of benzene rings is 1. The summed E-state index contributed by atoms with van der Waals surface area (Å²) in [6, 6.07) is 6.85. The van der Waals surface area contributed by atoms with Crippen LogP contribution in [-0.4, -0.2) is 57.8 Å². The van der Waals surface area contributed by atoms with E-state index in [0.29, 0.717) is 5.56 Å². The highest BCUT2D eigenvalue weighted by molar-refractivity contribution is 7.90. The van der Waals surface area contributed by atoms with Crippen molar-refractivity contribution in [3.8, 4) is 0 Å². The van der Waals surface area contributed by atoms with Crippen LogP contribution in [0.2, 0.25) is 0 Å². The van der Waals surface area contributed by atoms with Crippen LogP contribution in [0.5, 0.6) is 0 Å². The second kappa shape index (κ2) is 7.50. The lowest BCUT2D eigenvalue weighted by Crippen LogP contribution is -2.44. The molecule has 1 aromatic rings. The number of fused-ring (bicyclic) bond motifs is 1. The first-order chi connectivity index (χ1) is 11.0. The standard InChI is InChI=1S/C15H20N4O3S.ClH/c1-19(11-6-8-16-9-7-11)14(20)10-17-15-12-4-2-3-5-13(12)23(21,22)18-15;/h2-5,11,16H,6-10H2,1H3,(H,17,18);1H. The van der Waals surface area contributed by atoms with Gasteiger partial charge in [-0.1, -0.05) is 12.1 Å². The Bertz CT molecular complexity index is 745. The van der Waals surface area contributed by atoms with Crippen LogP contribution in [0.3, 0.4) is 0 Å². The number of hydrogen-bond acceptors (Lipinski definition) is 5. The summed E-state index contributed by atoms with van der Waals surface area (Å²) in [4.78, 5) is 18.4. The maximum absolute atomic E-state index is 12.3. The molecule has 0 atom stereocenters. The SMILES string of the molecule is CN(C(=O)CN=C1NS(=O)(=O)c2ccccc21)C1CCNCC1.Cl. The van der Waals surface area contributed by atoms with Crippen LogP contribution >= 0.6 is 12.4 Å². The monoisotopic (exact) mass is 372 g/mol. The molecule has 2 N–H and O–H groups in total. The molecule has 1 fully saturated rings. The molecule has 9 heteroatoms. The minimum absolute atomic E-state index is 0. The van der Waals surface area contributed by atoms with Gasteiger partial charge in [0.2, 0.25) is 5.91 Å². The van der Waals surface area contributed by atoms with Gasteiger partial charge in [0.1, 0.15) is 12.4 Å². The summed E-state index contributed by atoms with van der Waals surface area (Å²) in [6.45, 7) is 1.75. The quantitative estimate of drug-likeness (QED) is 0.801. The third-order valence-electron chi connectivity index (χ3n) is 4.28. The molecule has 7 nitrogen and oxygen atoms in total. The number of amidine groups is 1. The predicted molar refractivity (Wildman–Crippen MR) is 94.1 cm³/mol. The van der Waals surface area contributed by atoms with Gasteiger partial charge >= 0.3 is 0 Å². The lowest BCUT2D eigenvalue weighted by atomic mass is 10.1. The van der Waals surface area contributed by atoms with Gasteiger partial charge < -0.3 is 10.2 Å². The lowest BCUT2D eigenvalue weighted by molar-refractivity contribution is -0.130. The van der Waals surface area contributed by atoms with E-state index < -0.39 is 10.0 Å². The molecule has 2 aliphatic heterocycles. The number of halogens is 1. The number of carbonyl (C=O) groups excluding carboxylic acids is 1. The fraction of sp³-hybridized carbons (Fsp3) is 0.467. The molecule has 0 unspecified atom stereocenters. The van der Waals surface area contributed by atoms with E-state index in [1.54, 1.807) is 30.1 Å². The molecule has 1 aromatic carbocycles. The zero-order valence-corrected chi connectivity index (χ0v) is 15.0. The summed E-state index contributed by atoms with van der Waals surface area (Å²) in [5.74, 6) is 0.139. The topological polar surface area (TPSA) is 90.9 Å².